The van der Waals surface area contributed by atoms with Crippen molar-refractivity contribution in [3.63, 3.8) is 0 Å². The van der Waals surface area contributed by atoms with Crippen molar-refractivity contribution in [3.05, 3.63) is 47.9 Å². The Bertz CT molecular complexity index is 832. The SMILES string of the molecule is CCOC(=O)c1cc2cc(CO)ccn2c1-c1cnn(C)c1. The van der Waals surface area contributed by atoms with Crippen molar-refractivity contribution in [2.45, 2.75) is 13.5 Å². The minimum atomic E-state index is -0.365. The lowest BCUT2D eigenvalue weighted by Gasteiger charge is -2.05. The number of aryl methyl sites for hydroxylation is 1. The van der Waals surface area contributed by atoms with Gasteiger partial charge in [-0.2, -0.15) is 5.10 Å². The van der Waals surface area contributed by atoms with Crippen molar-refractivity contribution in [2.75, 3.05) is 6.61 Å². The number of hydrogen-bond donors (Lipinski definition) is 1. The molecule has 0 radical (unpaired) electrons. The van der Waals surface area contributed by atoms with Gasteiger partial charge in [0.05, 0.1) is 30.7 Å². The van der Waals surface area contributed by atoms with E-state index in [1.54, 1.807) is 23.9 Å². The van der Waals surface area contributed by atoms with Crippen molar-refractivity contribution in [3.8, 4) is 11.3 Å². The summed E-state index contributed by atoms with van der Waals surface area (Å²) in [6.07, 6.45) is 5.40. The highest BCUT2D eigenvalue weighted by molar-refractivity contribution is 5.99. The monoisotopic (exact) mass is 299 g/mol. The van der Waals surface area contributed by atoms with Crippen LogP contribution in [-0.2, 0) is 18.4 Å². The first-order valence-corrected chi connectivity index (χ1v) is 7.05. The third kappa shape index (κ3) is 2.37. The van der Waals surface area contributed by atoms with E-state index in [2.05, 4.69) is 5.10 Å². The van der Waals surface area contributed by atoms with Gasteiger partial charge in [0.2, 0.25) is 0 Å². The van der Waals surface area contributed by atoms with Crippen LogP contribution in [0.3, 0.4) is 0 Å². The molecule has 0 bridgehead atoms. The van der Waals surface area contributed by atoms with E-state index in [1.807, 2.05) is 36.0 Å². The first-order chi connectivity index (χ1) is 10.6. The lowest BCUT2D eigenvalue weighted by atomic mass is 10.1. The Hall–Kier alpha value is -2.60. The van der Waals surface area contributed by atoms with Crippen LogP contribution in [0.1, 0.15) is 22.8 Å². The van der Waals surface area contributed by atoms with Crippen LogP contribution in [0.15, 0.2) is 36.8 Å². The number of rotatable bonds is 4. The van der Waals surface area contributed by atoms with Gasteiger partial charge < -0.3 is 14.2 Å². The van der Waals surface area contributed by atoms with E-state index in [4.69, 9.17) is 4.74 Å². The maximum Gasteiger partial charge on any atom is 0.340 e. The van der Waals surface area contributed by atoms with Crippen LogP contribution in [0, 0.1) is 0 Å². The van der Waals surface area contributed by atoms with E-state index in [-0.39, 0.29) is 12.6 Å². The summed E-state index contributed by atoms with van der Waals surface area (Å²) in [5.41, 5.74) is 3.69. The number of carbonyl (C=O) groups excluding carboxylic acids is 1. The lowest BCUT2D eigenvalue weighted by molar-refractivity contribution is 0.0527. The van der Waals surface area contributed by atoms with Crippen LogP contribution in [0.2, 0.25) is 0 Å². The molecule has 0 atom stereocenters. The number of aliphatic hydroxyl groups is 1. The molecular formula is C16H17N3O3. The van der Waals surface area contributed by atoms with E-state index in [0.717, 1.165) is 22.3 Å². The van der Waals surface area contributed by atoms with Gasteiger partial charge in [0.1, 0.15) is 0 Å². The molecule has 0 saturated carbocycles. The first kappa shape index (κ1) is 14.3. The Balaban J connectivity index is 2.25. The molecule has 3 heterocycles. The fourth-order valence-electron chi connectivity index (χ4n) is 2.53. The molecule has 0 aliphatic rings. The number of aromatic nitrogens is 3. The first-order valence-electron chi connectivity index (χ1n) is 7.05. The van der Waals surface area contributed by atoms with Crippen molar-refractivity contribution >= 4 is 11.5 Å². The highest BCUT2D eigenvalue weighted by Crippen LogP contribution is 2.28. The van der Waals surface area contributed by atoms with Crippen LogP contribution < -0.4 is 0 Å². The number of hydrogen-bond acceptors (Lipinski definition) is 4. The fraction of sp³-hybridized carbons (Fsp3) is 0.250. The molecule has 22 heavy (non-hydrogen) atoms. The van der Waals surface area contributed by atoms with Gasteiger partial charge in [-0.05, 0) is 30.7 Å². The van der Waals surface area contributed by atoms with E-state index >= 15 is 0 Å². The van der Waals surface area contributed by atoms with Gasteiger partial charge in [-0.15, -0.1) is 0 Å². The van der Waals surface area contributed by atoms with Gasteiger partial charge in [0, 0.05) is 30.5 Å². The number of aliphatic hydroxyl groups excluding tert-OH is 1. The van der Waals surface area contributed by atoms with Gasteiger partial charge in [0.25, 0.3) is 0 Å². The van der Waals surface area contributed by atoms with Crippen molar-refractivity contribution in [1.82, 2.24) is 14.2 Å². The smallest absolute Gasteiger partial charge is 0.340 e. The van der Waals surface area contributed by atoms with Crippen LogP contribution >= 0.6 is 0 Å². The molecular weight excluding hydrogens is 282 g/mol. The number of ether oxygens (including phenoxy) is 1. The summed E-state index contributed by atoms with van der Waals surface area (Å²) < 4.78 is 8.75. The number of fused-ring (bicyclic) bond motifs is 1. The topological polar surface area (TPSA) is 68.8 Å². The van der Waals surface area contributed by atoms with Crippen molar-refractivity contribution in [1.29, 1.82) is 0 Å². The molecule has 3 rings (SSSR count). The molecule has 0 unspecified atom stereocenters. The second-order valence-electron chi connectivity index (χ2n) is 5.02. The molecule has 0 saturated heterocycles. The summed E-state index contributed by atoms with van der Waals surface area (Å²) >= 11 is 0. The molecule has 114 valence electrons. The Morgan fingerprint density at radius 1 is 1.41 bits per heavy atom. The fourth-order valence-corrected chi connectivity index (χ4v) is 2.53. The number of nitrogens with zero attached hydrogens (tertiary/aromatic N) is 3. The van der Waals surface area contributed by atoms with Crippen molar-refractivity contribution < 1.29 is 14.6 Å². The molecule has 0 amide bonds. The van der Waals surface area contributed by atoms with Crippen molar-refractivity contribution in [2.24, 2.45) is 7.05 Å². The average molecular weight is 299 g/mol. The Morgan fingerprint density at radius 3 is 2.86 bits per heavy atom. The van der Waals surface area contributed by atoms with Gasteiger partial charge >= 0.3 is 5.97 Å². The molecule has 3 aromatic rings. The quantitative estimate of drug-likeness (QED) is 0.748. The van der Waals surface area contributed by atoms with Crippen LogP contribution in [0.25, 0.3) is 16.8 Å². The van der Waals surface area contributed by atoms with E-state index in [9.17, 15) is 9.90 Å². The summed E-state index contributed by atoms with van der Waals surface area (Å²) in [7, 11) is 1.83. The molecule has 0 aromatic carbocycles. The number of esters is 1. The summed E-state index contributed by atoms with van der Waals surface area (Å²) in [4.78, 5) is 12.3. The molecule has 6 heteroatoms. The molecule has 0 aliphatic heterocycles. The second kappa shape index (κ2) is 5.65. The van der Waals surface area contributed by atoms with Crippen LogP contribution in [0.4, 0.5) is 0 Å². The normalized spacial score (nSPS) is 11.0. The van der Waals surface area contributed by atoms with Gasteiger partial charge in [-0.25, -0.2) is 4.79 Å². The lowest BCUT2D eigenvalue weighted by Crippen LogP contribution is -2.05. The van der Waals surface area contributed by atoms with E-state index in [1.165, 1.54) is 0 Å². The summed E-state index contributed by atoms with van der Waals surface area (Å²) in [6, 6.07) is 5.45. The van der Waals surface area contributed by atoms with Gasteiger partial charge in [-0.1, -0.05) is 0 Å². The molecule has 3 aromatic heterocycles. The predicted molar refractivity (Wildman–Crippen MR) is 81.5 cm³/mol. The molecule has 0 aliphatic carbocycles. The summed E-state index contributed by atoms with van der Waals surface area (Å²) in [5, 5.41) is 13.4. The minimum absolute atomic E-state index is 0.0430. The zero-order chi connectivity index (χ0) is 15.7. The maximum absolute atomic E-state index is 12.3. The van der Waals surface area contributed by atoms with Gasteiger partial charge in [-0.3, -0.25) is 4.68 Å². The van der Waals surface area contributed by atoms with Crippen LogP contribution in [-0.4, -0.2) is 31.9 Å². The Morgan fingerprint density at radius 2 is 2.23 bits per heavy atom. The molecule has 0 fully saturated rings. The van der Waals surface area contributed by atoms with E-state index < -0.39 is 0 Å². The Kier molecular flexibility index (Phi) is 3.68. The number of pyridine rings is 1. The summed E-state index contributed by atoms with van der Waals surface area (Å²) in [6.45, 7) is 2.05. The largest absolute Gasteiger partial charge is 0.462 e. The zero-order valence-electron chi connectivity index (χ0n) is 12.5. The van der Waals surface area contributed by atoms with Gasteiger partial charge in [0.15, 0.2) is 0 Å². The third-order valence-corrected chi connectivity index (χ3v) is 3.49. The predicted octanol–water partition coefficient (Wildman–Crippen LogP) is 2.01. The van der Waals surface area contributed by atoms with Crippen LogP contribution in [0.5, 0.6) is 0 Å². The molecule has 1 N–H and O–H groups in total. The second-order valence-corrected chi connectivity index (χ2v) is 5.02. The highest BCUT2D eigenvalue weighted by atomic mass is 16.5. The maximum atomic E-state index is 12.3. The highest BCUT2D eigenvalue weighted by Gasteiger charge is 2.20. The standard InChI is InChI=1S/C16H17N3O3/c1-3-22-16(21)14-7-13-6-11(10-20)4-5-19(13)15(14)12-8-17-18(2)9-12/h4-9,20H,3,10H2,1-2H3. The van der Waals surface area contributed by atoms with E-state index in [0.29, 0.717) is 12.2 Å². The zero-order valence-corrected chi connectivity index (χ0v) is 12.5. The Labute approximate surface area is 127 Å². The molecule has 0 spiro atoms. The third-order valence-electron chi connectivity index (χ3n) is 3.49. The minimum Gasteiger partial charge on any atom is -0.462 e. The molecule has 6 nitrogen and oxygen atoms in total. The summed E-state index contributed by atoms with van der Waals surface area (Å²) in [5.74, 6) is -0.365. The number of carbonyl (C=O) groups is 1. The average Bonchev–Trinajstić information content (AvgIpc) is 3.09.